The predicted octanol–water partition coefficient (Wildman–Crippen LogP) is 3.93. The molecule has 1 saturated heterocycles. The normalized spacial score (nSPS) is 15.4. The van der Waals surface area contributed by atoms with E-state index in [1.807, 2.05) is 18.2 Å². The first-order chi connectivity index (χ1) is 15.1. The molecule has 0 spiro atoms. The Balaban J connectivity index is 1.40. The van der Waals surface area contributed by atoms with E-state index >= 15 is 0 Å². The van der Waals surface area contributed by atoms with Crippen LogP contribution < -0.4 is 0 Å². The summed E-state index contributed by atoms with van der Waals surface area (Å²) in [5.41, 5.74) is 1.14. The molecule has 10 heteroatoms. The van der Waals surface area contributed by atoms with Gasteiger partial charge in [0, 0.05) is 29.5 Å². The van der Waals surface area contributed by atoms with Gasteiger partial charge >= 0.3 is 0 Å². The van der Waals surface area contributed by atoms with Gasteiger partial charge in [0.25, 0.3) is 0 Å². The second kappa shape index (κ2) is 8.64. The Morgan fingerprint density at radius 1 is 1.00 bits per heavy atom. The molecular formula is C21H18N4O3S3. The minimum absolute atomic E-state index is 0.188. The molecule has 31 heavy (non-hydrogen) atoms. The second-order valence-electron chi connectivity index (χ2n) is 6.82. The monoisotopic (exact) mass is 470 g/mol. The highest BCUT2D eigenvalue weighted by atomic mass is 32.2. The van der Waals surface area contributed by atoms with Crippen LogP contribution in [0.5, 0.6) is 0 Å². The van der Waals surface area contributed by atoms with Crippen LogP contribution in [0.25, 0.3) is 20.7 Å². The molecule has 0 aliphatic carbocycles. The number of aromatic nitrogens is 3. The topological polar surface area (TPSA) is 85.3 Å². The number of sulfonamides is 1. The molecule has 0 N–H and O–H groups in total. The summed E-state index contributed by atoms with van der Waals surface area (Å²) in [5, 5.41) is 2.43. The molecule has 1 fully saturated rings. The summed E-state index contributed by atoms with van der Waals surface area (Å²) in [6.45, 7) is 1.55. The van der Waals surface area contributed by atoms with Crippen LogP contribution in [0, 0.1) is 0 Å². The summed E-state index contributed by atoms with van der Waals surface area (Å²) >= 11 is 3.01. The van der Waals surface area contributed by atoms with Crippen molar-refractivity contribution in [3.8, 4) is 10.4 Å². The van der Waals surface area contributed by atoms with Crippen LogP contribution in [0.4, 0.5) is 0 Å². The van der Waals surface area contributed by atoms with Crippen molar-refractivity contribution in [2.75, 3.05) is 26.3 Å². The molecule has 4 aromatic rings. The smallest absolute Gasteiger partial charge is 0.244 e. The molecule has 0 bridgehead atoms. The lowest BCUT2D eigenvalue weighted by molar-refractivity contribution is 0.0730. The van der Waals surface area contributed by atoms with Crippen LogP contribution in [0.2, 0.25) is 0 Å². The number of hydrogen-bond acceptors (Lipinski definition) is 8. The van der Waals surface area contributed by atoms with Crippen molar-refractivity contribution in [3.05, 3.63) is 61.1 Å². The third kappa shape index (κ3) is 4.21. The number of ether oxygens (including phenoxy) is 1. The van der Waals surface area contributed by atoms with Crippen molar-refractivity contribution in [1.29, 1.82) is 0 Å². The predicted molar refractivity (Wildman–Crippen MR) is 121 cm³/mol. The molecule has 3 aromatic heterocycles. The molecule has 1 aliphatic rings. The minimum Gasteiger partial charge on any atom is -0.379 e. The highest BCUT2D eigenvalue weighted by Crippen LogP contribution is 2.37. The summed E-state index contributed by atoms with van der Waals surface area (Å²) in [5.74, 6) is 0. The van der Waals surface area contributed by atoms with E-state index in [0.29, 0.717) is 31.3 Å². The summed E-state index contributed by atoms with van der Waals surface area (Å²) in [6.07, 6.45) is 2.96. The van der Waals surface area contributed by atoms with Crippen LogP contribution in [-0.4, -0.2) is 54.0 Å². The van der Waals surface area contributed by atoms with E-state index in [4.69, 9.17) is 4.74 Å². The fourth-order valence-electron chi connectivity index (χ4n) is 3.27. The van der Waals surface area contributed by atoms with E-state index in [9.17, 15) is 8.42 Å². The average molecular weight is 471 g/mol. The Hall–Kier alpha value is -2.37. The molecule has 5 rings (SSSR count). The standard InChI is InChI=1S/C21H18N4O3S3/c26-31(27,25-8-10-28-11-9-25)16-6-7-19(22-13-16)30-21-17-12-18(15-4-2-1-3-5-15)29-20(17)23-14-24-21/h1-7,12-14H,8-11H2. The van der Waals surface area contributed by atoms with E-state index in [1.165, 1.54) is 22.3 Å². The van der Waals surface area contributed by atoms with Crippen molar-refractivity contribution in [2.24, 2.45) is 0 Å². The Kier molecular flexibility index (Phi) is 5.72. The molecule has 158 valence electrons. The van der Waals surface area contributed by atoms with Gasteiger partial charge in [-0.3, -0.25) is 0 Å². The van der Waals surface area contributed by atoms with Crippen molar-refractivity contribution in [2.45, 2.75) is 14.9 Å². The van der Waals surface area contributed by atoms with Crippen LogP contribution in [0.1, 0.15) is 0 Å². The average Bonchev–Trinajstić information content (AvgIpc) is 3.26. The molecule has 4 heterocycles. The maximum atomic E-state index is 12.8. The van der Waals surface area contributed by atoms with E-state index in [2.05, 4.69) is 33.2 Å². The van der Waals surface area contributed by atoms with Gasteiger partial charge in [0.1, 0.15) is 26.1 Å². The first kappa shape index (κ1) is 20.5. The second-order valence-corrected chi connectivity index (χ2v) is 10.8. The van der Waals surface area contributed by atoms with Gasteiger partial charge in [0.2, 0.25) is 10.0 Å². The van der Waals surface area contributed by atoms with Crippen LogP contribution in [0.3, 0.4) is 0 Å². The molecule has 1 aliphatic heterocycles. The third-order valence-electron chi connectivity index (χ3n) is 4.87. The minimum atomic E-state index is -3.56. The molecule has 0 saturated carbocycles. The molecule has 0 atom stereocenters. The summed E-state index contributed by atoms with van der Waals surface area (Å²) in [6, 6.07) is 15.6. The third-order valence-corrected chi connectivity index (χ3v) is 8.81. The van der Waals surface area contributed by atoms with Gasteiger partial charge in [-0.25, -0.2) is 23.4 Å². The zero-order chi connectivity index (χ0) is 21.3. The summed E-state index contributed by atoms with van der Waals surface area (Å²) < 4.78 is 32.2. The lowest BCUT2D eigenvalue weighted by Crippen LogP contribution is -2.40. The van der Waals surface area contributed by atoms with Gasteiger partial charge in [0.15, 0.2) is 0 Å². The Labute approximate surface area is 188 Å². The summed E-state index contributed by atoms with van der Waals surface area (Å²) in [4.78, 5) is 15.4. The van der Waals surface area contributed by atoms with Crippen LogP contribution >= 0.6 is 23.1 Å². The van der Waals surface area contributed by atoms with Gasteiger partial charge in [-0.2, -0.15) is 4.31 Å². The number of morpholine rings is 1. The zero-order valence-electron chi connectivity index (χ0n) is 16.3. The van der Waals surface area contributed by atoms with Crippen molar-refractivity contribution in [1.82, 2.24) is 19.3 Å². The van der Waals surface area contributed by atoms with Gasteiger partial charge in [-0.1, -0.05) is 30.3 Å². The highest BCUT2D eigenvalue weighted by Gasteiger charge is 2.26. The number of thiophene rings is 1. The van der Waals surface area contributed by atoms with E-state index < -0.39 is 10.0 Å². The maximum absolute atomic E-state index is 12.8. The highest BCUT2D eigenvalue weighted by molar-refractivity contribution is 7.99. The lowest BCUT2D eigenvalue weighted by Gasteiger charge is -2.25. The first-order valence-electron chi connectivity index (χ1n) is 9.63. The quantitative estimate of drug-likeness (QED) is 0.409. The Morgan fingerprint density at radius 2 is 1.81 bits per heavy atom. The fraction of sp³-hybridized carbons (Fsp3) is 0.190. The summed E-state index contributed by atoms with van der Waals surface area (Å²) in [7, 11) is -3.56. The van der Waals surface area contributed by atoms with Crippen molar-refractivity contribution >= 4 is 43.3 Å². The van der Waals surface area contributed by atoms with Gasteiger partial charge < -0.3 is 4.74 Å². The van der Waals surface area contributed by atoms with E-state index in [1.54, 1.807) is 29.8 Å². The van der Waals surface area contributed by atoms with Gasteiger partial charge in [0.05, 0.1) is 13.2 Å². The number of hydrogen-bond donors (Lipinski definition) is 0. The number of benzene rings is 1. The molecule has 0 radical (unpaired) electrons. The fourth-order valence-corrected chi connectivity index (χ4v) is 6.50. The Bertz CT molecular complexity index is 1300. The van der Waals surface area contributed by atoms with Crippen LogP contribution in [0.15, 0.2) is 76.0 Å². The number of fused-ring (bicyclic) bond motifs is 1. The maximum Gasteiger partial charge on any atom is 0.244 e. The number of pyridine rings is 1. The zero-order valence-corrected chi connectivity index (χ0v) is 18.8. The SMILES string of the molecule is O=S(=O)(c1ccc(Sc2ncnc3sc(-c4ccccc4)cc23)nc1)N1CCOCC1. The number of nitrogens with zero attached hydrogens (tertiary/aromatic N) is 4. The Morgan fingerprint density at radius 3 is 2.55 bits per heavy atom. The molecule has 0 amide bonds. The van der Waals surface area contributed by atoms with Crippen molar-refractivity contribution < 1.29 is 13.2 Å². The molecule has 7 nitrogen and oxygen atoms in total. The van der Waals surface area contributed by atoms with Crippen LogP contribution in [-0.2, 0) is 14.8 Å². The van der Waals surface area contributed by atoms with Crippen molar-refractivity contribution in [3.63, 3.8) is 0 Å². The number of rotatable bonds is 5. The molecule has 1 aromatic carbocycles. The molecular weight excluding hydrogens is 452 g/mol. The van der Waals surface area contributed by atoms with Gasteiger partial charge in [-0.05, 0) is 35.5 Å². The largest absolute Gasteiger partial charge is 0.379 e. The first-order valence-corrected chi connectivity index (χ1v) is 12.7. The molecule has 0 unspecified atom stereocenters. The van der Waals surface area contributed by atoms with E-state index in [0.717, 1.165) is 25.7 Å². The van der Waals surface area contributed by atoms with Gasteiger partial charge in [-0.15, -0.1) is 11.3 Å². The lowest BCUT2D eigenvalue weighted by atomic mass is 10.2. The van der Waals surface area contributed by atoms with E-state index in [-0.39, 0.29) is 4.90 Å².